The largest absolute Gasteiger partial charge is 0.457 e. The molecule has 2 aromatic rings. The summed E-state index contributed by atoms with van der Waals surface area (Å²) in [5.74, 6) is 3.02. The van der Waals surface area contributed by atoms with Crippen molar-refractivity contribution in [2.45, 2.75) is 6.92 Å². The topological polar surface area (TPSA) is 26.3 Å². The van der Waals surface area contributed by atoms with Gasteiger partial charge in [0, 0.05) is 11.3 Å². The lowest BCUT2D eigenvalue weighted by molar-refractivity contribution is -0.107. The molecular weight excluding hydrogens is 312 g/mol. The maximum absolute atomic E-state index is 11.9. The molecule has 0 saturated carbocycles. The molecule has 2 rings (SSSR count). The average molecular weight is 330 g/mol. The van der Waals surface area contributed by atoms with E-state index >= 15 is 0 Å². The van der Waals surface area contributed by atoms with Gasteiger partial charge in [-0.15, -0.1) is 0 Å². The van der Waals surface area contributed by atoms with E-state index in [0.29, 0.717) is 5.75 Å². The Kier molecular flexibility index (Phi) is 6.62. The lowest BCUT2D eigenvalue weighted by Crippen LogP contribution is -1.95. The lowest BCUT2D eigenvalue weighted by Gasteiger charge is -2.06. The summed E-state index contributed by atoms with van der Waals surface area (Å²) in [6.45, 7) is 1.84. The van der Waals surface area contributed by atoms with E-state index in [9.17, 15) is 4.79 Å². The minimum atomic E-state index is 0.0960. The van der Waals surface area contributed by atoms with Gasteiger partial charge in [0.25, 0.3) is 0 Å². The van der Waals surface area contributed by atoms with Crippen LogP contribution in [0.3, 0.4) is 0 Å². The maximum Gasteiger partial charge on any atom is 0.215 e. The summed E-state index contributed by atoms with van der Waals surface area (Å²) in [6, 6.07) is 17.3. The predicted molar refractivity (Wildman–Crippen MR) is 97.9 cm³/mol. The summed E-state index contributed by atoms with van der Waals surface area (Å²) in [7, 11) is 0. The van der Waals surface area contributed by atoms with Gasteiger partial charge in [0.15, 0.2) is 0 Å². The SMILES string of the molecule is C/C(=C\c1ccc(Oc2ccccc2)cc1)C(=O)SCCS. The highest BCUT2D eigenvalue weighted by molar-refractivity contribution is 8.14. The second-order valence-corrected chi connectivity index (χ2v) is 6.19. The van der Waals surface area contributed by atoms with Crippen LogP contribution in [0.4, 0.5) is 0 Å². The van der Waals surface area contributed by atoms with Gasteiger partial charge in [-0.05, 0) is 48.6 Å². The van der Waals surface area contributed by atoms with Gasteiger partial charge in [-0.2, -0.15) is 12.6 Å². The minimum Gasteiger partial charge on any atom is -0.457 e. The normalized spacial score (nSPS) is 11.3. The molecule has 114 valence electrons. The van der Waals surface area contributed by atoms with E-state index in [1.54, 1.807) is 0 Å². The molecule has 0 aliphatic rings. The van der Waals surface area contributed by atoms with Crippen molar-refractivity contribution >= 4 is 35.6 Å². The zero-order valence-corrected chi connectivity index (χ0v) is 14.1. The number of carbonyl (C=O) groups is 1. The van der Waals surface area contributed by atoms with Crippen LogP contribution in [0.15, 0.2) is 60.2 Å². The number of para-hydroxylation sites is 1. The quantitative estimate of drug-likeness (QED) is 0.591. The highest BCUT2D eigenvalue weighted by Gasteiger charge is 2.04. The third-order valence-electron chi connectivity index (χ3n) is 2.89. The van der Waals surface area contributed by atoms with Gasteiger partial charge >= 0.3 is 0 Å². The highest BCUT2D eigenvalue weighted by Crippen LogP contribution is 2.22. The molecule has 2 nitrogen and oxygen atoms in total. The number of hydrogen-bond donors (Lipinski definition) is 1. The van der Waals surface area contributed by atoms with E-state index in [1.165, 1.54) is 11.8 Å². The van der Waals surface area contributed by atoms with Crippen molar-refractivity contribution in [1.82, 2.24) is 0 Å². The summed E-state index contributed by atoms with van der Waals surface area (Å²) < 4.78 is 5.74. The first-order valence-corrected chi connectivity index (χ1v) is 8.60. The van der Waals surface area contributed by atoms with Gasteiger partial charge in [-0.25, -0.2) is 0 Å². The number of rotatable bonds is 6. The van der Waals surface area contributed by atoms with Crippen LogP contribution in [-0.4, -0.2) is 16.6 Å². The van der Waals surface area contributed by atoms with Crippen molar-refractivity contribution in [3.05, 3.63) is 65.7 Å². The summed E-state index contributed by atoms with van der Waals surface area (Å²) in [6.07, 6.45) is 1.89. The van der Waals surface area contributed by atoms with Crippen molar-refractivity contribution in [3.63, 3.8) is 0 Å². The molecule has 0 aromatic heterocycles. The van der Waals surface area contributed by atoms with Crippen molar-refractivity contribution in [1.29, 1.82) is 0 Å². The van der Waals surface area contributed by atoms with Crippen LogP contribution in [0, 0.1) is 0 Å². The van der Waals surface area contributed by atoms with Crippen LogP contribution in [0.2, 0.25) is 0 Å². The summed E-state index contributed by atoms with van der Waals surface area (Å²) in [4.78, 5) is 11.9. The Labute approximate surface area is 141 Å². The van der Waals surface area contributed by atoms with E-state index in [0.717, 1.165) is 28.4 Å². The van der Waals surface area contributed by atoms with E-state index in [-0.39, 0.29) is 5.12 Å². The number of thioether (sulfide) groups is 1. The number of hydrogen-bond acceptors (Lipinski definition) is 4. The molecule has 2 aromatic carbocycles. The van der Waals surface area contributed by atoms with Crippen molar-refractivity contribution in [2.75, 3.05) is 11.5 Å². The molecule has 0 amide bonds. The molecule has 4 heteroatoms. The van der Waals surface area contributed by atoms with E-state index in [2.05, 4.69) is 12.6 Å². The van der Waals surface area contributed by atoms with Crippen LogP contribution in [0.1, 0.15) is 12.5 Å². The molecule has 0 atom stereocenters. The average Bonchev–Trinajstić information content (AvgIpc) is 2.55. The second kappa shape index (κ2) is 8.71. The lowest BCUT2D eigenvalue weighted by atomic mass is 10.1. The fourth-order valence-corrected chi connectivity index (χ4v) is 2.65. The molecule has 0 aliphatic heterocycles. The van der Waals surface area contributed by atoms with Gasteiger partial charge in [0.1, 0.15) is 11.5 Å². The van der Waals surface area contributed by atoms with Crippen molar-refractivity contribution in [3.8, 4) is 11.5 Å². The second-order valence-electron chi connectivity index (χ2n) is 4.67. The smallest absolute Gasteiger partial charge is 0.215 e. The first-order chi connectivity index (χ1) is 10.7. The standard InChI is InChI=1S/C18H18O2S2/c1-14(18(19)22-12-11-21)13-15-7-9-17(10-8-15)20-16-5-3-2-4-6-16/h2-10,13,21H,11-12H2,1H3/b14-13+. The molecule has 0 bridgehead atoms. The van der Waals surface area contributed by atoms with Crippen LogP contribution >= 0.6 is 24.4 Å². The van der Waals surface area contributed by atoms with E-state index < -0.39 is 0 Å². The fraction of sp³-hybridized carbons (Fsp3) is 0.167. The van der Waals surface area contributed by atoms with Gasteiger partial charge in [-0.3, -0.25) is 4.79 Å². The van der Waals surface area contributed by atoms with Gasteiger partial charge in [-0.1, -0.05) is 42.1 Å². The Balaban J connectivity index is 2.01. The van der Waals surface area contributed by atoms with Crippen molar-refractivity contribution in [2.24, 2.45) is 0 Å². The van der Waals surface area contributed by atoms with E-state index in [4.69, 9.17) is 4.74 Å². The zero-order valence-electron chi connectivity index (χ0n) is 12.4. The Morgan fingerprint density at radius 1 is 1.09 bits per heavy atom. The zero-order chi connectivity index (χ0) is 15.8. The molecule has 0 unspecified atom stereocenters. The third-order valence-corrected chi connectivity index (χ3v) is 4.41. The number of carbonyl (C=O) groups excluding carboxylic acids is 1. The predicted octanol–water partition coefficient (Wildman–Crippen LogP) is 5.07. The fourth-order valence-electron chi connectivity index (χ4n) is 1.82. The number of ether oxygens (including phenoxy) is 1. The van der Waals surface area contributed by atoms with Gasteiger partial charge in [0.2, 0.25) is 5.12 Å². The summed E-state index contributed by atoms with van der Waals surface area (Å²) in [5, 5.41) is 0.0960. The molecule has 0 spiro atoms. The Morgan fingerprint density at radius 2 is 1.73 bits per heavy atom. The Bertz CT molecular complexity index is 634. The van der Waals surface area contributed by atoms with Gasteiger partial charge < -0.3 is 4.74 Å². The Hall–Kier alpha value is -1.65. The van der Waals surface area contributed by atoms with Crippen LogP contribution < -0.4 is 4.74 Å². The van der Waals surface area contributed by atoms with E-state index in [1.807, 2.05) is 67.6 Å². The molecule has 0 aliphatic carbocycles. The van der Waals surface area contributed by atoms with Crippen LogP contribution in [0.5, 0.6) is 11.5 Å². The van der Waals surface area contributed by atoms with Crippen molar-refractivity contribution < 1.29 is 9.53 Å². The first-order valence-electron chi connectivity index (χ1n) is 6.98. The first kappa shape index (κ1) is 16.7. The maximum atomic E-state index is 11.9. The minimum absolute atomic E-state index is 0.0960. The summed E-state index contributed by atoms with van der Waals surface area (Å²) >= 11 is 5.41. The number of benzene rings is 2. The molecular formula is C18H18O2S2. The molecule has 0 radical (unpaired) electrons. The highest BCUT2D eigenvalue weighted by atomic mass is 32.2. The molecule has 0 N–H and O–H groups in total. The summed E-state index contributed by atoms with van der Waals surface area (Å²) in [5.41, 5.74) is 1.72. The molecule has 0 saturated heterocycles. The molecule has 22 heavy (non-hydrogen) atoms. The van der Waals surface area contributed by atoms with Crippen LogP contribution in [0.25, 0.3) is 6.08 Å². The van der Waals surface area contributed by atoms with Gasteiger partial charge in [0.05, 0.1) is 0 Å². The Morgan fingerprint density at radius 3 is 2.36 bits per heavy atom. The monoisotopic (exact) mass is 330 g/mol. The third kappa shape index (κ3) is 5.28. The van der Waals surface area contributed by atoms with Crippen LogP contribution in [-0.2, 0) is 4.79 Å². The molecule has 0 fully saturated rings. The number of thiol groups is 1. The molecule has 0 heterocycles.